The zero-order valence-electron chi connectivity index (χ0n) is 12.4. The Hall–Kier alpha value is -0.720. The third-order valence-corrected chi connectivity index (χ3v) is 5.20. The van der Waals surface area contributed by atoms with E-state index < -0.39 is 0 Å². The highest BCUT2D eigenvalue weighted by molar-refractivity contribution is 5.45. The fraction of sp³-hybridized carbons (Fsp3) is 0.765. The van der Waals surface area contributed by atoms with Crippen LogP contribution in [0.15, 0.2) is 0 Å². The maximum atomic E-state index is 3.68. The molecule has 0 amide bonds. The standard InChI is InChI=1S/C17H27N/c1-12-13-10-17(8-6-5-7-9-17)11-14(13)15(18-12)16(2,3)4/h18H,5-11H2,1-4H3. The van der Waals surface area contributed by atoms with Gasteiger partial charge in [-0.15, -0.1) is 0 Å². The van der Waals surface area contributed by atoms with Gasteiger partial charge in [-0.25, -0.2) is 0 Å². The number of hydrogen-bond acceptors (Lipinski definition) is 0. The van der Waals surface area contributed by atoms with Crippen LogP contribution in [0.3, 0.4) is 0 Å². The molecule has 1 spiro atoms. The van der Waals surface area contributed by atoms with Gasteiger partial charge in [0, 0.05) is 16.8 Å². The normalized spacial score (nSPS) is 22.4. The van der Waals surface area contributed by atoms with Crippen LogP contribution >= 0.6 is 0 Å². The maximum absolute atomic E-state index is 3.68. The zero-order chi connectivity index (χ0) is 13.0. The number of fused-ring (bicyclic) bond motifs is 1. The second-order valence-electron chi connectivity index (χ2n) is 7.75. The molecule has 0 saturated heterocycles. The molecule has 1 saturated carbocycles. The second-order valence-corrected chi connectivity index (χ2v) is 7.75. The van der Waals surface area contributed by atoms with Crippen molar-refractivity contribution in [2.45, 2.75) is 78.1 Å². The second kappa shape index (κ2) is 3.88. The number of aromatic amines is 1. The summed E-state index contributed by atoms with van der Waals surface area (Å²) in [4.78, 5) is 3.68. The summed E-state index contributed by atoms with van der Waals surface area (Å²) in [5.74, 6) is 0. The van der Waals surface area contributed by atoms with Crippen LogP contribution in [0.25, 0.3) is 0 Å². The van der Waals surface area contributed by atoms with Crippen molar-refractivity contribution >= 4 is 0 Å². The summed E-state index contributed by atoms with van der Waals surface area (Å²) in [6, 6.07) is 0. The molecule has 1 heterocycles. The number of aryl methyl sites for hydroxylation is 1. The summed E-state index contributed by atoms with van der Waals surface area (Å²) in [6.07, 6.45) is 9.99. The smallest absolute Gasteiger partial charge is 0.0239 e. The van der Waals surface area contributed by atoms with Gasteiger partial charge >= 0.3 is 0 Å². The van der Waals surface area contributed by atoms with Crippen LogP contribution in [0.1, 0.15) is 75.4 Å². The first-order valence-electron chi connectivity index (χ1n) is 7.62. The quantitative estimate of drug-likeness (QED) is 0.683. The predicted molar refractivity (Wildman–Crippen MR) is 77.2 cm³/mol. The molecule has 0 unspecified atom stereocenters. The first kappa shape index (κ1) is 12.3. The highest BCUT2D eigenvalue weighted by atomic mass is 14.8. The monoisotopic (exact) mass is 245 g/mol. The molecule has 0 aromatic carbocycles. The van der Waals surface area contributed by atoms with E-state index in [9.17, 15) is 0 Å². The number of nitrogens with one attached hydrogen (secondary N) is 1. The van der Waals surface area contributed by atoms with Gasteiger partial charge < -0.3 is 4.98 Å². The first-order valence-corrected chi connectivity index (χ1v) is 7.62. The molecule has 18 heavy (non-hydrogen) atoms. The van der Waals surface area contributed by atoms with E-state index in [1.54, 1.807) is 11.1 Å². The summed E-state index contributed by atoms with van der Waals surface area (Å²) < 4.78 is 0. The lowest BCUT2D eigenvalue weighted by Crippen LogP contribution is -2.25. The minimum absolute atomic E-state index is 0.262. The Kier molecular flexibility index (Phi) is 2.66. The average molecular weight is 245 g/mol. The molecule has 1 aromatic heterocycles. The Morgan fingerprint density at radius 3 is 2.17 bits per heavy atom. The minimum atomic E-state index is 0.262. The summed E-state index contributed by atoms with van der Waals surface area (Å²) in [6.45, 7) is 9.29. The van der Waals surface area contributed by atoms with Gasteiger partial charge in [0.2, 0.25) is 0 Å². The SMILES string of the molecule is Cc1[nH]c(C(C)(C)C)c2c1CC1(CCCCC1)C2. The van der Waals surface area contributed by atoms with Crippen LogP contribution < -0.4 is 0 Å². The van der Waals surface area contributed by atoms with Crippen molar-refractivity contribution in [3.8, 4) is 0 Å². The van der Waals surface area contributed by atoms with Crippen molar-refractivity contribution in [1.29, 1.82) is 0 Å². The number of hydrogen-bond donors (Lipinski definition) is 1. The fourth-order valence-corrected chi connectivity index (χ4v) is 4.26. The van der Waals surface area contributed by atoms with Gasteiger partial charge in [0.15, 0.2) is 0 Å². The van der Waals surface area contributed by atoms with Crippen LogP contribution in [0.4, 0.5) is 0 Å². The molecule has 0 bridgehead atoms. The van der Waals surface area contributed by atoms with Gasteiger partial charge in [0.1, 0.15) is 0 Å². The lowest BCUT2D eigenvalue weighted by Gasteiger charge is -2.34. The number of aromatic nitrogens is 1. The van der Waals surface area contributed by atoms with E-state index in [0.29, 0.717) is 5.41 Å². The van der Waals surface area contributed by atoms with E-state index in [2.05, 4.69) is 32.7 Å². The lowest BCUT2D eigenvalue weighted by atomic mass is 9.71. The molecule has 3 rings (SSSR count). The molecule has 0 aliphatic heterocycles. The van der Waals surface area contributed by atoms with E-state index >= 15 is 0 Å². The molecule has 0 atom stereocenters. The Morgan fingerprint density at radius 1 is 0.944 bits per heavy atom. The Balaban J connectivity index is 1.98. The van der Waals surface area contributed by atoms with Crippen LogP contribution in [0.2, 0.25) is 0 Å². The molecular formula is C17H27N. The van der Waals surface area contributed by atoms with Gasteiger partial charge in [0.05, 0.1) is 0 Å². The lowest BCUT2D eigenvalue weighted by molar-refractivity contribution is 0.201. The average Bonchev–Trinajstić information content (AvgIpc) is 2.77. The summed E-state index contributed by atoms with van der Waals surface area (Å²) in [7, 11) is 0. The zero-order valence-corrected chi connectivity index (χ0v) is 12.4. The summed E-state index contributed by atoms with van der Waals surface area (Å²) in [5.41, 5.74) is 7.21. The topological polar surface area (TPSA) is 15.8 Å². The van der Waals surface area contributed by atoms with Gasteiger partial charge in [0.25, 0.3) is 0 Å². The highest BCUT2D eigenvalue weighted by Gasteiger charge is 2.41. The van der Waals surface area contributed by atoms with Gasteiger partial charge in [-0.2, -0.15) is 0 Å². The van der Waals surface area contributed by atoms with E-state index in [0.717, 1.165) is 0 Å². The minimum Gasteiger partial charge on any atom is -0.362 e. The highest BCUT2D eigenvalue weighted by Crippen LogP contribution is 2.50. The van der Waals surface area contributed by atoms with Crippen molar-refractivity contribution in [3.05, 3.63) is 22.5 Å². The Labute approximate surface area is 111 Å². The van der Waals surface area contributed by atoms with E-state index in [4.69, 9.17) is 0 Å². The van der Waals surface area contributed by atoms with Crippen LogP contribution in [-0.4, -0.2) is 4.98 Å². The van der Waals surface area contributed by atoms with Crippen LogP contribution in [0.5, 0.6) is 0 Å². The van der Waals surface area contributed by atoms with Crippen molar-refractivity contribution in [2.24, 2.45) is 5.41 Å². The third-order valence-electron chi connectivity index (χ3n) is 5.20. The van der Waals surface area contributed by atoms with Gasteiger partial charge in [-0.1, -0.05) is 40.0 Å². The molecule has 1 fully saturated rings. The van der Waals surface area contributed by atoms with Crippen molar-refractivity contribution in [2.75, 3.05) is 0 Å². The summed E-state index contributed by atoms with van der Waals surface area (Å²) >= 11 is 0. The Morgan fingerprint density at radius 2 is 1.56 bits per heavy atom. The molecule has 100 valence electrons. The molecule has 2 aliphatic carbocycles. The summed E-state index contributed by atoms with van der Waals surface area (Å²) in [5, 5.41) is 0. The van der Waals surface area contributed by atoms with Crippen molar-refractivity contribution in [1.82, 2.24) is 4.98 Å². The number of H-pyrrole nitrogens is 1. The molecule has 1 heteroatoms. The van der Waals surface area contributed by atoms with Crippen LogP contribution in [0, 0.1) is 12.3 Å². The molecule has 1 N–H and O–H groups in total. The van der Waals surface area contributed by atoms with E-state index in [-0.39, 0.29) is 5.41 Å². The number of rotatable bonds is 0. The molecular weight excluding hydrogens is 218 g/mol. The van der Waals surface area contributed by atoms with Crippen LogP contribution in [-0.2, 0) is 18.3 Å². The third kappa shape index (κ3) is 1.83. The first-order chi connectivity index (χ1) is 8.41. The molecule has 2 aliphatic rings. The van der Waals surface area contributed by atoms with Crippen molar-refractivity contribution in [3.63, 3.8) is 0 Å². The Bertz CT molecular complexity index is 453. The van der Waals surface area contributed by atoms with Crippen molar-refractivity contribution < 1.29 is 0 Å². The van der Waals surface area contributed by atoms with Gasteiger partial charge in [-0.05, 0) is 49.1 Å². The molecule has 1 aromatic rings. The predicted octanol–water partition coefficient (Wildman–Crippen LogP) is 4.67. The van der Waals surface area contributed by atoms with E-state index in [1.165, 1.54) is 56.3 Å². The fourth-order valence-electron chi connectivity index (χ4n) is 4.26. The largest absolute Gasteiger partial charge is 0.362 e. The van der Waals surface area contributed by atoms with E-state index in [1.807, 2.05) is 0 Å². The maximum Gasteiger partial charge on any atom is 0.0239 e. The molecule has 1 nitrogen and oxygen atoms in total. The van der Waals surface area contributed by atoms with Gasteiger partial charge in [-0.3, -0.25) is 0 Å². The molecule has 0 radical (unpaired) electrons.